The highest BCUT2D eigenvalue weighted by atomic mass is 32.2. The number of urea groups is 1. The van der Waals surface area contributed by atoms with E-state index >= 15 is 0 Å². The molecule has 47 heavy (non-hydrogen) atoms. The smallest absolute Gasteiger partial charge is 0.406 e. The van der Waals surface area contributed by atoms with Gasteiger partial charge in [-0.3, -0.25) is 0 Å². The molecule has 13 heteroatoms. The van der Waals surface area contributed by atoms with Crippen molar-refractivity contribution in [2.24, 2.45) is 0 Å². The zero-order valence-corrected chi connectivity index (χ0v) is 27.1. The Morgan fingerprint density at radius 1 is 1.15 bits per heavy atom. The fraction of sp³-hybridized carbons (Fsp3) is 0.353. The van der Waals surface area contributed by atoms with Crippen LogP contribution >= 0.6 is 11.8 Å². The van der Waals surface area contributed by atoms with Crippen molar-refractivity contribution in [2.45, 2.75) is 63.9 Å². The summed E-state index contributed by atoms with van der Waals surface area (Å²) in [5.41, 5.74) is 5.27. The van der Waals surface area contributed by atoms with Gasteiger partial charge in [-0.2, -0.15) is 5.26 Å². The fourth-order valence-corrected chi connectivity index (χ4v) is 6.82. The number of rotatable bonds is 10. The van der Waals surface area contributed by atoms with Crippen molar-refractivity contribution in [1.82, 2.24) is 25.4 Å². The summed E-state index contributed by atoms with van der Waals surface area (Å²) in [5.74, 6) is 0.419. The van der Waals surface area contributed by atoms with Crippen LogP contribution in [0.3, 0.4) is 0 Å². The van der Waals surface area contributed by atoms with Gasteiger partial charge in [-0.15, -0.1) is 30.0 Å². The number of nitriles is 1. The number of hydrogen-bond acceptors (Lipinski definition) is 7. The Kier molecular flexibility index (Phi) is 10.6. The highest BCUT2D eigenvalue weighted by molar-refractivity contribution is 8.00. The number of ether oxygens (including phenoxy) is 1. The van der Waals surface area contributed by atoms with E-state index in [9.17, 15) is 23.2 Å². The van der Waals surface area contributed by atoms with Gasteiger partial charge in [0.2, 0.25) is 0 Å². The second-order valence-electron chi connectivity index (χ2n) is 11.4. The summed E-state index contributed by atoms with van der Waals surface area (Å²) < 4.78 is 42.7. The molecule has 4 aromatic rings. The van der Waals surface area contributed by atoms with E-state index in [0.29, 0.717) is 17.1 Å². The molecule has 2 heterocycles. The van der Waals surface area contributed by atoms with Gasteiger partial charge in [0.1, 0.15) is 12.1 Å². The van der Waals surface area contributed by atoms with Crippen LogP contribution in [0.2, 0.25) is 0 Å². The van der Waals surface area contributed by atoms with Gasteiger partial charge in [-0.25, -0.2) is 14.5 Å². The van der Waals surface area contributed by atoms with E-state index < -0.39 is 12.3 Å². The number of alkyl halides is 3. The molecule has 1 fully saturated rings. The molecule has 5 rings (SSSR count). The Balaban J connectivity index is 1.20. The summed E-state index contributed by atoms with van der Waals surface area (Å²) in [6, 6.07) is 21.1. The Morgan fingerprint density at radius 3 is 2.57 bits per heavy atom. The number of halogens is 3. The maximum absolute atomic E-state index is 13.1. The van der Waals surface area contributed by atoms with Crippen LogP contribution in [0.1, 0.15) is 49.3 Å². The lowest BCUT2D eigenvalue weighted by Crippen LogP contribution is -2.55. The molecule has 9 nitrogen and oxygen atoms in total. The van der Waals surface area contributed by atoms with Crippen molar-refractivity contribution in [3.63, 3.8) is 0 Å². The van der Waals surface area contributed by atoms with E-state index in [1.165, 1.54) is 46.4 Å². The molecule has 1 saturated heterocycles. The molecular formula is C34H36F3N7O2S. The molecule has 0 radical (unpaired) electrons. The summed E-state index contributed by atoms with van der Waals surface area (Å²) in [4.78, 5) is 19.7. The van der Waals surface area contributed by atoms with Crippen LogP contribution in [-0.2, 0) is 6.42 Å². The number of benzene rings is 3. The Labute approximate surface area is 276 Å². The third-order valence-corrected chi connectivity index (χ3v) is 8.98. The first kappa shape index (κ1) is 33.7. The first-order valence-corrected chi connectivity index (χ1v) is 16.4. The van der Waals surface area contributed by atoms with E-state index in [4.69, 9.17) is 0 Å². The average molecular weight is 664 g/mol. The second-order valence-corrected chi connectivity index (χ2v) is 12.6. The third kappa shape index (κ3) is 8.56. The van der Waals surface area contributed by atoms with Gasteiger partial charge in [-0.1, -0.05) is 49.7 Å². The van der Waals surface area contributed by atoms with Gasteiger partial charge in [0.25, 0.3) is 0 Å². The van der Waals surface area contributed by atoms with Crippen molar-refractivity contribution in [1.29, 1.82) is 5.26 Å². The summed E-state index contributed by atoms with van der Waals surface area (Å²) >= 11 is 1.70. The molecule has 0 bridgehead atoms. The molecule has 1 aliphatic heterocycles. The minimum atomic E-state index is -4.77. The standard InChI is InChI=1S/C34H36F3N7O2S/c1-4-5-25-7-6-22(2)18-30(25)44-23(3)16-17-47-33(44)41-32(45)39-20-27(19-38)24-8-10-26(11-9-24)31-40-21-43(42-31)28-12-14-29(15-13-28)46-34(35,36)37/h6-15,18,21,23,27,33H,4-5,16-17,20H2,1-3H3,(H2,39,41,45). The molecule has 0 aliphatic carbocycles. The molecular weight excluding hydrogens is 627 g/mol. The lowest BCUT2D eigenvalue weighted by atomic mass is 9.99. The Morgan fingerprint density at radius 2 is 1.89 bits per heavy atom. The number of hydrogen-bond donors (Lipinski definition) is 2. The predicted octanol–water partition coefficient (Wildman–Crippen LogP) is 7.32. The first-order valence-electron chi connectivity index (χ1n) is 15.4. The van der Waals surface area contributed by atoms with Gasteiger partial charge < -0.3 is 20.3 Å². The maximum Gasteiger partial charge on any atom is 0.573 e. The SMILES string of the molecule is CCCc1ccc(C)cc1N1C(C)CCSC1NC(=O)NCC(C#N)c1ccc(-c2ncn(-c3ccc(OC(F)(F)F)cc3)n2)cc1. The van der Waals surface area contributed by atoms with Crippen molar-refractivity contribution >= 4 is 23.5 Å². The van der Waals surface area contributed by atoms with Crippen LogP contribution in [0, 0.1) is 18.3 Å². The van der Waals surface area contributed by atoms with Gasteiger partial charge in [0, 0.05) is 23.8 Å². The van der Waals surface area contributed by atoms with E-state index in [0.717, 1.165) is 36.3 Å². The number of carbonyl (C=O) groups excluding carboxylic acids is 1. The predicted molar refractivity (Wildman–Crippen MR) is 176 cm³/mol. The quantitative estimate of drug-likeness (QED) is 0.183. The summed E-state index contributed by atoms with van der Waals surface area (Å²) in [7, 11) is 0. The van der Waals surface area contributed by atoms with E-state index in [2.05, 4.69) is 75.4 Å². The molecule has 1 aliphatic rings. The van der Waals surface area contributed by atoms with Crippen LogP contribution in [0.25, 0.3) is 17.1 Å². The highest BCUT2D eigenvalue weighted by Crippen LogP contribution is 2.35. The number of nitrogens with zero attached hydrogens (tertiary/aromatic N) is 5. The largest absolute Gasteiger partial charge is 0.573 e. The van der Waals surface area contributed by atoms with Crippen molar-refractivity contribution < 1.29 is 22.7 Å². The normalized spacial score (nSPS) is 17.1. The monoisotopic (exact) mass is 663 g/mol. The number of aromatic nitrogens is 3. The molecule has 3 atom stereocenters. The summed E-state index contributed by atoms with van der Waals surface area (Å²) in [6.45, 7) is 6.56. The summed E-state index contributed by atoms with van der Waals surface area (Å²) in [5, 5.41) is 20.4. The lowest BCUT2D eigenvalue weighted by Gasteiger charge is -2.43. The van der Waals surface area contributed by atoms with Crippen LogP contribution in [-0.4, -0.2) is 51.0 Å². The molecule has 3 unspecified atom stereocenters. The maximum atomic E-state index is 13.1. The lowest BCUT2D eigenvalue weighted by molar-refractivity contribution is -0.274. The number of carbonyl (C=O) groups is 1. The molecule has 0 saturated carbocycles. The minimum Gasteiger partial charge on any atom is -0.406 e. The number of amides is 2. The third-order valence-electron chi connectivity index (χ3n) is 7.85. The first-order chi connectivity index (χ1) is 22.5. The van der Waals surface area contributed by atoms with Crippen molar-refractivity contribution in [2.75, 3.05) is 17.2 Å². The highest BCUT2D eigenvalue weighted by Gasteiger charge is 2.32. The second kappa shape index (κ2) is 14.8. The van der Waals surface area contributed by atoms with E-state index in [-0.39, 0.29) is 29.9 Å². The molecule has 3 aromatic carbocycles. The molecule has 2 N–H and O–H groups in total. The summed E-state index contributed by atoms with van der Waals surface area (Å²) in [6.07, 6.45) is -0.307. The van der Waals surface area contributed by atoms with Crippen LogP contribution in [0.5, 0.6) is 5.75 Å². The fourth-order valence-electron chi connectivity index (χ4n) is 5.45. The van der Waals surface area contributed by atoms with E-state index in [1.54, 1.807) is 36.0 Å². The number of thioether (sulfide) groups is 1. The van der Waals surface area contributed by atoms with Crippen molar-refractivity contribution in [3.8, 4) is 28.9 Å². The molecule has 2 amide bonds. The van der Waals surface area contributed by atoms with Crippen molar-refractivity contribution in [3.05, 3.63) is 89.7 Å². The average Bonchev–Trinajstić information content (AvgIpc) is 3.53. The van der Waals surface area contributed by atoms with Gasteiger partial charge in [0.15, 0.2) is 11.3 Å². The zero-order chi connectivity index (χ0) is 33.6. The van der Waals surface area contributed by atoms with Crippen LogP contribution < -0.4 is 20.3 Å². The molecule has 246 valence electrons. The Hall–Kier alpha value is -4.70. The number of nitrogens with one attached hydrogen (secondary N) is 2. The number of anilines is 1. The minimum absolute atomic E-state index is 0.126. The molecule has 1 aromatic heterocycles. The topological polar surface area (TPSA) is 108 Å². The van der Waals surface area contributed by atoms with Gasteiger partial charge in [0.05, 0.1) is 17.7 Å². The zero-order valence-electron chi connectivity index (χ0n) is 26.3. The van der Waals surface area contributed by atoms with Gasteiger partial charge >= 0.3 is 12.4 Å². The van der Waals surface area contributed by atoms with Crippen LogP contribution in [0.15, 0.2) is 73.1 Å². The van der Waals surface area contributed by atoms with E-state index in [1.807, 2.05) is 0 Å². The van der Waals surface area contributed by atoms with Crippen LogP contribution in [0.4, 0.5) is 23.7 Å². The van der Waals surface area contributed by atoms with Gasteiger partial charge in [-0.05, 0) is 79.5 Å². The Bertz CT molecular complexity index is 1700. The molecule has 0 spiro atoms. The number of aryl methyl sites for hydroxylation is 2.